The van der Waals surface area contributed by atoms with Crippen LogP contribution in [0.3, 0.4) is 0 Å². The van der Waals surface area contributed by atoms with Gasteiger partial charge in [-0.3, -0.25) is 4.90 Å². The molecule has 0 spiro atoms. The first-order chi connectivity index (χ1) is 12.6. The third-order valence-corrected chi connectivity index (χ3v) is 4.97. The first-order valence-corrected chi connectivity index (χ1v) is 9.13. The number of rotatable bonds is 4. The zero-order valence-electron chi connectivity index (χ0n) is 15.5. The van der Waals surface area contributed by atoms with E-state index in [1.165, 1.54) is 5.56 Å². The summed E-state index contributed by atoms with van der Waals surface area (Å²) >= 11 is 0. The molecular weight excluding hydrogens is 328 g/mol. The maximum Gasteiger partial charge on any atom is 0.139 e. The minimum atomic E-state index is 0.417. The average Bonchev–Trinajstić information content (AvgIpc) is 3.12. The Labute approximate surface area is 153 Å². The number of nitrogens with zero attached hydrogens (tertiary/aromatic N) is 6. The van der Waals surface area contributed by atoms with E-state index in [1.807, 2.05) is 25.3 Å². The topological polar surface area (TPSA) is 71.2 Å². The molecule has 4 rings (SSSR count). The van der Waals surface area contributed by atoms with Crippen LogP contribution in [0.1, 0.15) is 36.7 Å². The molecule has 7 nitrogen and oxygen atoms in total. The Kier molecular flexibility index (Phi) is 4.55. The molecule has 0 amide bonds. The smallest absolute Gasteiger partial charge is 0.139 e. The van der Waals surface area contributed by atoms with Crippen LogP contribution in [0.15, 0.2) is 29.0 Å². The van der Waals surface area contributed by atoms with Crippen molar-refractivity contribution < 1.29 is 4.63 Å². The molecule has 0 bridgehead atoms. The lowest BCUT2D eigenvalue weighted by Crippen LogP contribution is -2.46. The number of aromatic nitrogens is 4. The number of fused-ring (bicyclic) bond motifs is 1. The van der Waals surface area contributed by atoms with Crippen molar-refractivity contribution in [2.45, 2.75) is 33.2 Å². The van der Waals surface area contributed by atoms with Gasteiger partial charge in [-0.25, -0.2) is 14.6 Å². The SMILES string of the molecule is Cc1ncc(C(C)C)c(N2CCN(Cc3cccc4nonc34)CC2)n1. The van der Waals surface area contributed by atoms with E-state index in [9.17, 15) is 0 Å². The fraction of sp³-hybridized carbons (Fsp3) is 0.474. The van der Waals surface area contributed by atoms with Crippen molar-refractivity contribution >= 4 is 16.9 Å². The molecule has 0 aliphatic carbocycles. The van der Waals surface area contributed by atoms with Crippen molar-refractivity contribution in [3.05, 3.63) is 41.3 Å². The van der Waals surface area contributed by atoms with Gasteiger partial charge < -0.3 is 4.90 Å². The molecule has 3 heterocycles. The minimum Gasteiger partial charge on any atom is -0.354 e. The average molecular weight is 352 g/mol. The Morgan fingerprint density at radius 1 is 1.12 bits per heavy atom. The van der Waals surface area contributed by atoms with E-state index in [4.69, 9.17) is 9.61 Å². The lowest BCUT2D eigenvalue weighted by Gasteiger charge is -2.36. The Morgan fingerprint density at radius 3 is 2.69 bits per heavy atom. The van der Waals surface area contributed by atoms with Gasteiger partial charge in [0.15, 0.2) is 0 Å². The molecule has 1 saturated heterocycles. The molecule has 1 aliphatic heterocycles. The summed E-state index contributed by atoms with van der Waals surface area (Å²) in [6.45, 7) is 11.1. The van der Waals surface area contributed by atoms with E-state index in [0.29, 0.717) is 5.92 Å². The maximum absolute atomic E-state index is 4.88. The predicted octanol–water partition coefficient (Wildman–Crippen LogP) is 2.77. The largest absolute Gasteiger partial charge is 0.354 e. The highest BCUT2D eigenvalue weighted by molar-refractivity contribution is 5.76. The van der Waals surface area contributed by atoms with Gasteiger partial charge in [0.1, 0.15) is 22.7 Å². The van der Waals surface area contributed by atoms with E-state index in [0.717, 1.165) is 61.0 Å². The fourth-order valence-electron chi connectivity index (χ4n) is 3.48. The number of hydrogen-bond acceptors (Lipinski definition) is 7. The number of hydrogen-bond donors (Lipinski definition) is 0. The number of anilines is 1. The number of aryl methyl sites for hydroxylation is 1. The van der Waals surface area contributed by atoms with Gasteiger partial charge in [-0.15, -0.1) is 0 Å². The van der Waals surface area contributed by atoms with E-state index in [1.54, 1.807) is 0 Å². The van der Waals surface area contributed by atoms with E-state index < -0.39 is 0 Å². The summed E-state index contributed by atoms with van der Waals surface area (Å²) in [5.41, 5.74) is 4.07. The predicted molar refractivity (Wildman–Crippen MR) is 100 cm³/mol. The molecule has 1 fully saturated rings. The van der Waals surface area contributed by atoms with Crippen molar-refractivity contribution in [3.63, 3.8) is 0 Å². The van der Waals surface area contributed by atoms with Crippen LogP contribution in [-0.2, 0) is 6.54 Å². The minimum absolute atomic E-state index is 0.417. The summed E-state index contributed by atoms with van der Waals surface area (Å²) in [5.74, 6) is 2.34. The van der Waals surface area contributed by atoms with Crippen LogP contribution in [0.25, 0.3) is 11.0 Å². The summed E-state index contributed by atoms with van der Waals surface area (Å²) in [6, 6.07) is 6.04. The highest BCUT2D eigenvalue weighted by Gasteiger charge is 2.22. The molecule has 0 saturated carbocycles. The Hall–Kier alpha value is -2.54. The molecule has 26 heavy (non-hydrogen) atoms. The first kappa shape index (κ1) is 16.9. The summed E-state index contributed by atoms with van der Waals surface area (Å²) in [6.07, 6.45) is 1.98. The second-order valence-corrected chi connectivity index (χ2v) is 7.16. The highest BCUT2D eigenvalue weighted by Crippen LogP contribution is 2.26. The highest BCUT2D eigenvalue weighted by atomic mass is 16.6. The molecule has 0 atom stereocenters. The zero-order valence-corrected chi connectivity index (χ0v) is 15.5. The lowest BCUT2D eigenvalue weighted by molar-refractivity contribution is 0.249. The van der Waals surface area contributed by atoms with Crippen LogP contribution in [-0.4, -0.2) is 51.4 Å². The van der Waals surface area contributed by atoms with Gasteiger partial charge in [0, 0.05) is 44.5 Å². The molecule has 0 N–H and O–H groups in total. The first-order valence-electron chi connectivity index (χ1n) is 9.13. The van der Waals surface area contributed by atoms with Crippen LogP contribution in [0.5, 0.6) is 0 Å². The summed E-state index contributed by atoms with van der Waals surface area (Å²) in [7, 11) is 0. The lowest BCUT2D eigenvalue weighted by atomic mass is 10.1. The molecule has 7 heteroatoms. The molecular formula is C19H24N6O. The Bertz CT molecular complexity index is 898. The molecule has 1 aromatic carbocycles. The second kappa shape index (κ2) is 6.99. The molecule has 136 valence electrons. The van der Waals surface area contributed by atoms with Crippen molar-refractivity contribution in [2.24, 2.45) is 0 Å². The van der Waals surface area contributed by atoms with Gasteiger partial charge in [-0.2, -0.15) is 0 Å². The second-order valence-electron chi connectivity index (χ2n) is 7.16. The summed E-state index contributed by atoms with van der Waals surface area (Å²) in [5, 5.41) is 7.98. The quantitative estimate of drug-likeness (QED) is 0.715. The van der Waals surface area contributed by atoms with Crippen molar-refractivity contribution in [1.82, 2.24) is 25.2 Å². The Morgan fingerprint density at radius 2 is 1.92 bits per heavy atom. The third kappa shape index (κ3) is 3.26. The van der Waals surface area contributed by atoms with Gasteiger partial charge in [-0.05, 0) is 34.8 Å². The maximum atomic E-state index is 4.88. The number of benzene rings is 1. The third-order valence-electron chi connectivity index (χ3n) is 4.97. The van der Waals surface area contributed by atoms with Gasteiger partial charge in [0.2, 0.25) is 0 Å². The van der Waals surface area contributed by atoms with E-state index >= 15 is 0 Å². The molecule has 1 aliphatic rings. The van der Waals surface area contributed by atoms with E-state index in [2.05, 4.69) is 45.0 Å². The zero-order chi connectivity index (χ0) is 18.1. The fourth-order valence-corrected chi connectivity index (χ4v) is 3.48. The van der Waals surface area contributed by atoms with Crippen LogP contribution >= 0.6 is 0 Å². The molecule has 2 aromatic heterocycles. The molecule has 0 radical (unpaired) electrons. The van der Waals surface area contributed by atoms with Gasteiger partial charge in [0.25, 0.3) is 0 Å². The van der Waals surface area contributed by atoms with Crippen molar-refractivity contribution in [2.75, 3.05) is 31.1 Å². The summed E-state index contributed by atoms with van der Waals surface area (Å²) in [4.78, 5) is 13.9. The summed E-state index contributed by atoms with van der Waals surface area (Å²) < 4.78 is 4.88. The standard InChI is InChI=1S/C19H24N6O/c1-13(2)16-11-20-14(3)21-19(16)25-9-7-24(8-10-25)12-15-5-4-6-17-18(15)23-26-22-17/h4-6,11,13H,7-10,12H2,1-3H3. The number of piperazine rings is 1. The van der Waals surface area contributed by atoms with Crippen LogP contribution in [0, 0.1) is 6.92 Å². The van der Waals surface area contributed by atoms with Crippen molar-refractivity contribution in [1.29, 1.82) is 0 Å². The Balaban J connectivity index is 1.46. The van der Waals surface area contributed by atoms with Crippen molar-refractivity contribution in [3.8, 4) is 0 Å². The van der Waals surface area contributed by atoms with Crippen LogP contribution in [0.2, 0.25) is 0 Å². The monoisotopic (exact) mass is 352 g/mol. The van der Waals surface area contributed by atoms with E-state index in [-0.39, 0.29) is 0 Å². The normalized spacial score (nSPS) is 15.9. The van der Waals surface area contributed by atoms with Gasteiger partial charge >= 0.3 is 0 Å². The molecule has 3 aromatic rings. The van der Waals surface area contributed by atoms with Crippen LogP contribution < -0.4 is 4.90 Å². The van der Waals surface area contributed by atoms with Crippen LogP contribution in [0.4, 0.5) is 5.82 Å². The molecule has 0 unspecified atom stereocenters. The van der Waals surface area contributed by atoms with Gasteiger partial charge in [-0.1, -0.05) is 26.0 Å². The van der Waals surface area contributed by atoms with Gasteiger partial charge in [0.05, 0.1) is 0 Å².